The average molecular weight is 276 g/mol. The molecule has 0 bridgehead atoms. The van der Waals surface area contributed by atoms with Crippen molar-refractivity contribution < 1.29 is 4.74 Å². The SMILES string of the molecule is Cc1ccc(COc2cccc(CCN)c2)c(Cl)c1. The summed E-state index contributed by atoms with van der Waals surface area (Å²) in [5.41, 5.74) is 8.89. The molecule has 2 N–H and O–H groups in total. The zero-order valence-electron chi connectivity index (χ0n) is 11.0. The molecule has 0 fully saturated rings. The molecule has 2 nitrogen and oxygen atoms in total. The van der Waals surface area contributed by atoms with Crippen LogP contribution in [0.2, 0.25) is 5.02 Å². The molecule has 2 rings (SSSR count). The third kappa shape index (κ3) is 3.98. The van der Waals surface area contributed by atoms with Crippen molar-refractivity contribution in [1.29, 1.82) is 0 Å². The Balaban J connectivity index is 2.03. The molecule has 0 heterocycles. The molecule has 0 saturated carbocycles. The van der Waals surface area contributed by atoms with Gasteiger partial charge in [0.1, 0.15) is 12.4 Å². The van der Waals surface area contributed by atoms with E-state index in [0.29, 0.717) is 13.2 Å². The van der Waals surface area contributed by atoms with E-state index >= 15 is 0 Å². The number of hydrogen-bond donors (Lipinski definition) is 1. The average Bonchev–Trinajstić information content (AvgIpc) is 2.38. The summed E-state index contributed by atoms with van der Waals surface area (Å²) in [6, 6.07) is 14.0. The Morgan fingerprint density at radius 2 is 2.00 bits per heavy atom. The quantitative estimate of drug-likeness (QED) is 0.902. The van der Waals surface area contributed by atoms with E-state index in [1.807, 2.05) is 43.3 Å². The van der Waals surface area contributed by atoms with Gasteiger partial charge in [0.25, 0.3) is 0 Å². The molecule has 2 aromatic rings. The Labute approximate surface area is 119 Å². The van der Waals surface area contributed by atoms with Gasteiger partial charge in [-0.2, -0.15) is 0 Å². The summed E-state index contributed by atoms with van der Waals surface area (Å²) in [7, 11) is 0. The minimum Gasteiger partial charge on any atom is -0.489 e. The van der Waals surface area contributed by atoms with Crippen molar-refractivity contribution in [3.05, 3.63) is 64.2 Å². The molecular formula is C16H18ClNO. The maximum Gasteiger partial charge on any atom is 0.120 e. The fourth-order valence-corrected chi connectivity index (χ4v) is 2.18. The van der Waals surface area contributed by atoms with Gasteiger partial charge >= 0.3 is 0 Å². The molecule has 0 unspecified atom stereocenters. The predicted octanol–water partition coefficient (Wildman–Crippen LogP) is 3.73. The summed E-state index contributed by atoms with van der Waals surface area (Å²) in [6.45, 7) is 3.14. The predicted molar refractivity (Wildman–Crippen MR) is 79.7 cm³/mol. The number of halogens is 1. The Morgan fingerprint density at radius 3 is 2.74 bits per heavy atom. The van der Waals surface area contributed by atoms with Crippen LogP contribution in [0.5, 0.6) is 5.75 Å². The summed E-state index contributed by atoms with van der Waals surface area (Å²) in [5.74, 6) is 0.850. The number of hydrogen-bond acceptors (Lipinski definition) is 2. The van der Waals surface area contributed by atoms with Crippen LogP contribution >= 0.6 is 11.6 Å². The Bertz CT molecular complexity index is 554. The van der Waals surface area contributed by atoms with E-state index < -0.39 is 0 Å². The Kier molecular flexibility index (Phi) is 4.83. The first-order chi connectivity index (χ1) is 9.19. The molecule has 100 valence electrons. The molecular weight excluding hydrogens is 258 g/mol. The van der Waals surface area contributed by atoms with Gasteiger partial charge < -0.3 is 10.5 Å². The number of ether oxygens (including phenoxy) is 1. The highest BCUT2D eigenvalue weighted by atomic mass is 35.5. The van der Waals surface area contributed by atoms with Crippen molar-refractivity contribution >= 4 is 11.6 Å². The molecule has 0 amide bonds. The fraction of sp³-hybridized carbons (Fsp3) is 0.250. The first kappa shape index (κ1) is 13.9. The van der Waals surface area contributed by atoms with Crippen molar-refractivity contribution in [3.63, 3.8) is 0 Å². The number of rotatable bonds is 5. The minimum absolute atomic E-state index is 0.477. The van der Waals surface area contributed by atoms with Crippen LogP contribution in [0.15, 0.2) is 42.5 Å². The van der Waals surface area contributed by atoms with E-state index in [2.05, 4.69) is 6.07 Å². The molecule has 19 heavy (non-hydrogen) atoms. The van der Waals surface area contributed by atoms with Crippen LogP contribution in [0, 0.1) is 6.92 Å². The van der Waals surface area contributed by atoms with E-state index in [1.54, 1.807) is 0 Å². The third-order valence-corrected chi connectivity index (χ3v) is 3.29. The minimum atomic E-state index is 0.477. The summed E-state index contributed by atoms with van der Waals surface area (Å²) in [6.07, 6.45) is 0.864. The first-order valence-corrected chi connectivity index (χ1v) is 6.73. The number of benzene rings is 2. The normalized spacial score (nSPS) is 10.5. The van der Waals surface area contributed by atoms with Gasteiger partial charge in [-0.05, 0) is 49.2 Å². The molecule has 0 saturated heterocycles. The Morgan fingerprint density at radius 1 is 1.16 bits per heavy atom. The van der Waals surface area contributed by atoms with E-state index in [9.17, 15) is 0 Å². The molecule has 0 spiro atoms. The topological polar surface area (TPSA) is 35.2 Å². The van der Waals surface area contributed by atoms with Crippen LogP contribution in [-0.4, -0.2) is 6.54 Å². The Hall–Kier alpha value is -1.51. The van der Waals surface area contributed by atoms with Crippen molar-refractivity contribution in [1.82, 2.24) is 0 Å². The van der Waals surface area contributed by atoms with Crippen molar-refractivity contribution in [2.45, 2.75) is 20.0 Å². The van der Waals surface area contributed by atoms with Crippen molar-refractivity contribution in [2.24, 2.45) is 5.73 Å². The van der Waals surface area contributed by atoms with E-state index in [0.717, 1.165) is 28.3 Å². The largest absolute Gasteiger partial charge is 0.489 e. The second-order valence-electron chi connectivity index (χ2n) is 4.57. The number of aryl methyl sites for hydroxylation is 1. The molecule has 0 aliphatic carbocycles. The number of nitrogens with two attached hydrogens (primary N) is 1. The monoisotopic (exact) mass is 275 g/mol. The van der Waals surface area contributed by atoms with E-state index in [-0.39, 0.29) is 0 Å². The summed E-state index contributed by atoms with van der Waals surface area (Å²) < 4.78 is 5.77. The lowest BCUT2D eigenvalue weighted by atomic mass is 10.1. The maximum atomic E-state index is 6.18. The molecule has 0 aromatic heterocycles. The first-order valence-electron chi connectivity index (χ1n) is 6.36. The molecule has 3 heteroatoms. The van der Waals surface area contributed by atoms with Crippen molar-refractivity contribution in [2.75, 3.05) is 6.54 Å². The summed E-state index contributed by atoms with van der Waals surface area (Å²) >= 11 is 6.18. The molecule has 0 aliphatic heterocycles. The van der Waals surface area contributed by atoms with Crippen LogP contribution in [0.4, 0.5) is 0 Å². The second kappa shape index (κ2) is 6.60. The smallest absolute Gasteiger partial charge is 0.120 e. The van der Waals surface area contributed by atoms with Crippen LogP contribution in [0.25, 0.3) is 0 Å². The third-order valence-electron chi connectivity index (χ3n) is 2.93. The van der Waals surface area contributed by atoms with Gasteiger partial charge in [0.15, 0.2) is 0 Å². The van der Waals surface area contributed by atoms with E-state index in [1.165, 1.54) is 5.56 Å². The molecule has 2 aromatic carbocycles. The van der Waals surface area contributed by atoms with Gasteiger partial charge in [-0.1, -0.05) is 35.9 Å². The standard InChI is InChI=1S/C16H18ClNO/c1-12-5-6-14(16(17)9-12)11-19-15-4-2-3-13(10-15)7-8-18/h2-6,9-10H,7-8,11,18H2,1H3. The lowest BCUT2D eigenvalue weighted by Crippen LogP contribution is -2.03. The van der Waals surface area contributed by atoms with Crippen molar-refractivity contribution in [3.8, 4) is 5.75 Å². The summed E-state index contributed by atoms with van der Waals surface area (Å²) in [4.78, 5) is 0. The van der Waals surface area contributed by atoms with Crippen LogP contribution in [0.3, 0.4) is 0 Å². The highest BCUT2D eigenvalue weighted by Gasteiger charge is 2.02. The zero-order chi connectivity index (χ0) is 13.7. The lowest BCUT2D eigenvalue weighted by Gasteiger charge is -2.09. The second-order valence-corrected chi connectivity index (χ2v) is 4.98. The van der Waals surface area contributed by atoms with Gasteiger partial charge in [-0.15, -0.1) is 0 Å². The zero-order valence-corrected chi connectivity index (χ0v) is 11.8. The van der Waals surface area contributed by atoms with Gasteiger partial charge in [-0.3, -0.25) is 0 Å². The van der Waals surface area contributed by atoms with Crippen LogP contribution < -0.4 is 10.5 Å². The highest BCUT2D eigenvalue weighted by molar-refractivity contribution is 6.31. The van der Waals surface area contributed by atoms with Gasteiger partial charge in [0.2, 0.25) is 0 Å². The fourth-order valence-electron chi connectivity index (χ4n) is 1.89. The molecule has 0 aliphatic rings. The summed E-state index contributed by atoms with van der Waals surface area (Å²) in [5, 5.41) is 0.748. The lowest BCUT2D eigenvalue weighted by molar-refractivity contribution is 0.306. The molecule has 0 atom stereocenters. The van der Waals surface area contributed by atoms with E-state index in [4.69, 9.17) is 22.1 Å². The van der Waals surface area contributed by atoms with Gasteiger partial charge in [-0.25, -0.2) is 0 Å². The van der Waals surface area contributed by atoms with Crippen LogP contribution in [-0.2, 0) is 13.0 Å². The van der Waals surface area contributed by atoms with Gasteiger partial charge in [0, 0.05) is 10.6 Å². The molecule has 0 radical (unpaired) electrons. The van der Waals surface area contributed by atoms with Crippen LogP contribution in [0.1, 0.15) is 16.7 Å². The van der Waals surface area contributed by atoms with Gasteiger partial charge in [0.05, 0.1) is 0 Å². The highest BCUT2D eigenvalue weighted by Crippen LogP contribution is 2.20. The maximum absolute atomic E-state index is 6.18.